The van der Waals surface area contributed by atoms with Crippen LogP contribution in [0.15, 0.2) is 24.3 Å². The molecule has 0 radical (unpaired) electrons. The Bertz CT molecular complexity index is 588. The van der Waals surface area contributed by atoms with E-state index < -0.39 is 0 Å². The number of carbonyl (C=O) groups excluding carboxylic acids is 2. The van der Waals surface area contributed by atoms with Crippen molar-refractivity contribution in [2.75, 3.05) is 32.7 Å². The molecule has 5 nitrogen and oxygen atoms in total. The minimum absolute atomic E-state index is 0.0491. The van der Waals surface area contributed by atoms with Crippen LogP contribution in [0.1, 0.15) is 46.9 Å². The summed E-state index contributed by atoms with van der Waals surface area (Å²) in [4.78, 5) is 26.9. The van der Waals surface area contributed by atoms with Crippen LogP contribution in [0.2, 0.25) is 0 Å². The number of carbonyl (C=O) groups is 2. The molecule has 2 saturated heterocycles. The van der Waals surface area contributed by atoms with Crippen LogP contribution in [0, 0.1) is 11.8 Å². The summed E-state index contributed by atoms with van der Waals surface area (Å²) in [7, 11) is 0. The minimum Gasteiger partial charge on any atom is -0.352 e. The van der Waals surface area contributed by atoms with Crippen LogP contribution in [0.4, 0.5) is 0 Å². The zero-order valence-corrected chi connectivity index (χ0v) is 14.4. The second kappa shape index (κ2) is 7.79. The highest BCUT2D eigenvalue weighted by atomic mass is 16.2. The van der Waals surface area contributed by atoms with Gasteiger partial charge >= 0.3 is 0 Å². The molecule has 2 heterocycles. The van der Waals surface area contributed by atoms with Crippen LogP contribution >= 0.6 is 0 Å². The molecule has 1 aromatic carbocycles. The fraction of sp³-hybridized carbons (Fsp3) is 0.579. The average Bonchev–Trinajstić information content (AvgIpc) is 2.97. The number of benzene rings is 1. The predicted octanol–water partition coefficient (Wildman–Crippen LogP) is 1.90. The smallest absolute Gasteiger partial charge is 0.253 e. The van der Waals surface area contributed by atoms with Crippen LogP contribution in [0.3, 0.4) is 0 Å². The topological polar surface area (TPSA) is 61.4 Å². The maximum Gasteiger partial charge on any atom is 0.253 e. The van der Waals surface area contributed by atoms with E-state index in [1.54, 1.807) is 18.2 Å². The molecule has 2 N–H and O–H groups in total. The Morgan fingerprint density at radius 3 is 2.50 bits per heavy atom. The summed E-state index contributed by atoms with van der Waals surface area (Å²) < 4.78 is 0. The fourth-order valence-corrected chi connectivity index (χ4v) is 3.74. The van der Waals surface area contributed by atoms with Crippen molar-refractivity contribution in [2.45, 2.75) is 26.2 Å². The first-order valence-electron chi connectivity index (χ1n) is 9.07. The van der Waals surface area contributed by atoms with Gasteiger partial charge < -0.3 is 15.5 Å². The fourth-order valence-electron chi connectivity index (χ4n) is 3.74. The van der Waals surface area contributed by atoms with Crippen LogP contribution < -0.4 is 10.6 Å². The van der Waals surface area contributed by atoms with E-state index in [1.807, 2.05) is 17.9 Å². The van der Waals surface area contributed by atoms with E-state index in [1.165, 1.54) is 0 Å². The van der Waals surface area contributed by atoms with Crippen molar-refractivity contribution in [3.63, 3.8) is 0 Å². The number of nitrogens with one attached hydrogen (secondary N) is 2. The molecule has 1 aromatic rings. The van der Waals surface area contributed by atoms with Crippen LogP contribution in [-0.2, 0) is 0 Å². The first kappa shape index (κ1) is 17.0. The van der Waals surface area contributed by atoms with Crippen molar-refractivity contribution in [3.05, 3.63) is 35.4 Å². The molecular formula is C19H27N3O2. The van der Waals surface area contributed by atoms with Gasteiger partial charge in [0.25, 0.3) is 11.8 Å². The molecule has 2 atom stereocenters. The highest BCUT2D eigenvalue weighted by molar-refractivity contribution is 5.99. The normalized spacial score (nSPS) is 23.5. The van der Waals surface area contributed by atoms with Crippen molar-refractivity contribution in [3.8, 4) is 0 Å². The monoisotopic (exact) mass is 329 g/mol. The molecule has 2 amide bonds. The zero-order chi connectivity index (χ0) is 16.9. The van der Waals surface area contributed by atoms with Gasteiger partial charge in [0.05, 0.1) is 0 Å². The van der Waals surface area contributed by atoms with Crippen LogP contribution in [-0.4, -0.2) is 49.4 Å². The zero-order valence-electron chi connectivity index (χ0n) is 14.4. The minimum atomic E-state index is -0.108. The van der Waals surface area contributed by atoms with Gasteiger partial charge in [-0.05, 0) is 62.4 Å². The van der Waals surface area contributed by atoms with Gasteiger partial charge in [0.2, 0.25) is 0 Å². The highest BCUT2D eigenvalue weighted by Gasteiger charge is 2.31. The molecule has 0 bridgehead atoms. The molecule has 5 heteroatoms. The number of amides is 2. The quantitative estimate of drug-likeness (QED) is 0.887. The average molecular weight is 329 g/mol. The van der Waals surface area contributed by atoms with E-state index in [2.05, 4.69) is 10.6 Å². The number of fused-ring (bicyclic) bond motifs is 1. The lowest BCUT2D eigenvalue weighted by atomic mass is 9.92. The molecule has 3 rings (SSSR count). The molecule has 130 valence electrons. The molecule has 2 aliphatic heterocycles. The summed E-state index contributed by atoms with van der Waals surface area (Å²) in [5, 5.41) is 6.32. The molecule has 2 aliphatic rings. The SMILES string of the molecule is CCCNC(=O)c1cccc(C(=O)N2CC[C@@H]3CNC[C@@H]3CC2)c1. The third-order valence-electron chi connectivity index (χ3n) is 5.21. The molecule has 0 spiro atoms. The summed E-state index contributed by atoms with van der Waals surface area (Å²) in [5.41, 5.74) is 1.18. The number of rotatable bonds is 4. The van der Waals surface area contributed by atoms with Crippen molar-refractivity contribution in [1.82, 2.24) is 15.5 Å². The molecular weight excluding hydrogens is 302 g/mol. The Morgan fingerprint density at radius 2 is 1.83 bits per heavy atom. The Morgan fingerprint density at radius 1 is 1.17 bits per heavy atom. The number of hydrogen-bond acceptors (Lipinski definition) is 3. The van der Waals surface area contributed by atoms with E-state index in [0.717, 1.165) is 45.4 Å². The van der Waals surface area contributed by atoms with E-state index in [9.17, 15) is 9.59 Å². The lowest BCUT2D eigenvalue weighted by Crippen LogP contribution is -2.33. The van der Waals surface area contributed by atoms with E-state index in [4.69, 9.17) is 0 Å². The number of hydrogen-bond donors (Lipinski definition) is 2. The van der Waals surface area contributed by atoms with Crippen LogP contribution in [0.25, 0.3) is 0 Å². The van der Waals surface area contributed by atoms with Crippen LogP contribution in [0.5, 0.6) is 0 Å². The molecule has 0 saturated carbocycles. The van der Waals surface area contributed by atoms with Gasteiger partial charge in [-0.2, -0.15) is 0 Å². The molecule has 2 fully saturated rings. The first-order valence-corrected chi connectivity index (χ1v) is 9.07. The van der Waals surface area contributed by atoms with Gasteiger partial charge in [0.1, 0.15) is 0 Å². The number of likely N-dealkylation sites (tertiary alicyclic amines) is 1. The van der Waals surface area contributed by atoms with Gasteiger partial charge in [-0.25, -0.2) is 0 Å². The second-order valence-electron chi connectivity index (χ2n) is 6.88. The van der Waals surface area contributed by atoms with Gasteiger partial charge in [-0.15, -0.1) is 0 Å². The van der Waals surface area contributed by atoms with Gasteiger partial charge in [0, 0.05) is 30.8 Å². The standard InChI is InChI=1S/C19H27N3O2/c1-2-8-21-18(23)14-4-3-5-15(11-14)19(24)22-9-6-16-12-20-13-17(16)7-10-22/h3-5,11,16-17,20H,2,6-10,12-13H2,1H3,(H,21,23)/t16-,17+. The van der Waals surface area contributed by atoms with Crippen molar-refractivity contribution in [2.24, 2.45) is 11.8 Å². The summed E-state index contributed by atoms with van der Waals surface area (Å²) in [6.45, 7) is 6.46. The summed E-state index contributed by atoms with van der Waals surface area (Å²) in [6, 6.07) is 7.09. The maximum absolute atomic E-state index is 12.8. The van der Waals surface area contributed by atoms with Crippen molar-refractivity contribution in [1.29, 1.82) is 0 Å². The number of nitrogens with zero attached hydrogens (tertiary/aromatic N) is 1. The largest absolute Gasteiger partial charge is 0.352 e. The van der Waals surface area contributed by atoms with Gasteiger partial charge in [0.15, 0.2) is 0 Å². The van der Waals surface area contributed by atoms with Crippen molar-refractivity contribution < 1.29 is 9.59 Å². The predicted molar refractivity (Wildman–Crippen MR) is 94.1 cm³/mol. The summed E-state index contributed by atoms with van der Waals surface area (Å²) in [5.74, 6) is 1.35. The maximum atomic E-state index is 12.8. The molecule has 0 unspecified atom stereocenters. The van der Waals surface area contributed by atoms with E-state index in [-0.39, 0.29) is 11.8 Å². The third kappa shape index (κ3) is 3.78. The lowest BCUT2D eigenvalue weighted by molar-refractivity contribution is 0.0758. The van der Waals surface area contributed by atoms with E-state index >= 15 is 0 Å². The molecule has 24 heavy (non-hydrogen) atoms. The molecule has 0 aromatic heterocycles. The highest BCUT2D eigenvalue weighted by Crippen LogP contribution is 2.27. The lowest BCUT2D eigenvalue weighted by Gasteiger charge is -2.21. The van der Waals surface area contributed by atoms with Crippen molar-refractivity contribution >= 4 is 11.8 Å². The Labute approximate surface area is 143 Å². The second-order valence-corrected chi connectivity index (χ2v) is 6.88. The van der Waals surface area contributed by atoms with Gasteiger partial charge in [-0.3, -0.25) is 9.59 Å². The first-order chi connectivity index (χ1) is 11.7. The van der Waals surface area contributed by atoms with Gasteiger partial charge in [-0.1, -0.05) is 13.0 Å². The summed E-state index contributed by atoms with van der Waals surface area (Å²) >= 11 is 0. The Balaban J connectivity index is 1.67. The van der Waals surface area contributed by atoms with E-state index in [0.29, 0.717) is 29.5 Å². The molecule has 0 aliphatic carbocycles. The summed E-state index contributed by atoms with van der Waals surface area (Å²) in [6.07, 6.45) is 3.04. The Hall–Kier alpha value is -1.88. The third-order valence-corrected chi connectivity index (χ3v) is 5.21. The Kier molecular flexibility index (Phi) is 5.51.